The third-order valence-corrected chi connectivity index (χ3v) is 4.32. The summed E-state index contributed by atoms with van der Waals surface area (Å²) in [4.78, 5) is 0. The minimum absolute atomic E-state index is 0.277. The van der Waals surface area contributed by atoms with Crippen LogP contribution in [0.15, 0.2) is 0 Å². The van der Waals surface area contributed by atoms with Gasteiger partial charge in [0.2, 0.25) is 0 Å². The third-order valence-electron chi connectivity index (χ3n) is 4.32. The second-order valence-corrected chi connectivity index (χ2v) is 7.09. The molecule has 0 saturated heterocycles. The van der Waals surface area contributed by atoms with Gasteiger partial charge in [-0.25, -0.2) is 0 Å². The molecule has 0 rings (SSSR count). The fraction of sp³-hybridized carbons (Fsp3) is 1.00. The standard InChI is InChI=1S/C21H48N4O4/c1-3-5-7-8-9-10-14-25-16-20-29-21(26-17-11-22,27-18-12-23)28-19-15-24-13-6-4-2/h24-25H,3-20,22-23H2,1-2H3. The summed E-state index contributed by atoms with van der Waals surface area (Å²) in [5, 5.41) is 6.72. The second kappa shape index (κ2) is 22.4. The van der Waals surface area contributed by atoms with Crippen molar-refractivity contribution in [3.05, 3.63) is 0 Å². The van der Waals surface area contributed by atoms with E-state index in [0.29, 0.717) is 39.4 Å². The Kier molecular flexibility index (Phi) is 22.1. The van der Waals surface area contributed by atoms with E-state index in [0.717, 1.165) is 25.9 Å². The first-order chi connectivity index (χ1) is 14.2. The highest BCUT2D eigenvalue weighted by molar-refractivity contribution is 4.53. The normalized spacial score (nSPS) is 12.0. The molecule has 0 spiro atoms. The molecule has 0 aromatic carbocycles. The first-order valence-corrected chi connectivity index (χ1v) is 11.6. The third kappa shape index (κ3) is 18.2. The van der Waals surface area contributed by atoms with Crippen LogP contribution < -0.4 is 22.1 Å². The Balaban J connectivity index is 4.19. The maximum Gasteiger partial charge on any atom is 0.412 e. The van der Waals surface area contributed by atoms with E-state index in [2.05, 4.69) is 24.5 Å². The molecule has 6 N–H and O–H groups in total. The highest BCUT2D eigenvalue weighted by Crippen LogP contribution is 2.17. The highest BCUT2D eigenvalue weighted by Gasteiger charge is 2.35. The van der Waals surface area contributed by atoms with Gasteiger partial charge < -0.3 is 41.0 Å². The summed E-state index contributed by atoms with van der Waals surface area (Å²) in [7, 11) is 0. The Bertz CT molecular complexity index is 317. The molecule has 0 atom stereocenters. The summed E-state index contributed by atoms with van der Waals surface area (Å²) in [6, 6.07) is 0. The number of nitrogens with two attached hydrogens (primary N) is 2. The predicted octanol–water partition coefficient (Wildman–Crippen LogP) is 1.92. The Morgan fingerprint density at radius 1 is 0.552 bits per heavy atom. The number of nitrogens with one attached hydrogen (secondary N) is 2. The fourth-order valence-corrected chi connectivity index (χ4v) is 2.70. The minimum Gasteiger partial charge on any atom is -0.328 e. The molecule has 0 aromatic heterocycles. The van der Waals surface area contributed by atoms with E-state index in [9.17, 15) is 0 Å². The van der Waals surface area contributed by atoms with Crippen molar-refractivity contribution in [3.63, 3.8) is 0 Å². The van der Waals surface area contributed by atoms with Crippen molar-refractivity contribution in [2.24, 2.45) is 11.5 Å². The number of unbranched alkanes of at least 4 members (excludes halogenated alkanes) is 6. The molecule has 0 aromatic rings. The van der Waals surface area contributed by atoms with Crippen LogP contribution in [-0.2, 0) is 18.9 Å². The van der Waals surface area contributed by atoms with Gasteiger partial charge in [-0.15, -0.1) is 0 Å². The Labute approximate surface area is 178 Å². The first-order valence-electron chi connectivity index (χ1n) is 11.6. The Morgan fingerprint density at radius 2 is 1.00 bits per heavy atom. The summed E-state index contributed by atoms with van der Waals surface area (Å²) >= 11 is 0. The number of rotatable bonds is 24. The molecule has 0 heterocycles. The number of hydrogen-bond donors (Lipinski definition) is 4. The zero-order valence-electron chi connectivity index (χ0n) is 19.0. The van der Waals surface area contributed by atoms with E-state index in [1.807, 2.05) is 0 Å². The summed E-state index contributed by atoms with van der Waals surface area (Å²) in [6.07, 6.45) is 8.47. The average molecular weight is 421 g/mol. The van der Waals surface area contributed by atoms with E-state index in [4.69, 9.17) is 30.4 Å². The lowest BCUT2D eigenvalue weighted by molar-refractivity contribution is -0.497. The zero-order valence-corrected chi connectivity index (χ0v) is 19.0. The predicted molar refractivity (Wildman–Crippen MR) is 119 cm³/mol. The SMILES string of the molecule is CCCCCCCCNCCOC(OCCN)(OCCN)OCCNCCCC. The van der Waals surface area contributed by atoms with Crippen molar-refractivity contribution in [1.82, 2.24) is 10.6 Å². The van der Waals surface area contributed by atoms with Crippen LogP contribution in [0.2, 0.25) is 0 Å². The van der Waals surface area contributed by atoms with Crippen molar-refractivity contribution in [3.8, 4) is 0 Å². The summed E-state index contributed by atoms with van der Waals surface area (Å²) < 4.78 is 23.1. The molecule has 0 aliphatic carbocycles. The first kappa shape index (κ1) is 28.7. The van der Waals surface area contributed by atoms with Crippen LogP contribution in [0.4, 0.5) is 0 Å². The summed E-state index contributed by atoms with van der Waals surface area (Å²) in [5.41, 5.74) is 11.2. The fourth-order valence-electron chi connectivity index (χ4n) is 2.70. The molecule has 176 valence electrons. The van der Waals surface area contributed by atoms with Crippen LogP contribution in [-0.4, -0.2) is 71.9 Å². The summed E-state index contributed by atoms with van der Waals surface area (Å²) in [5.74, 6) is 0. The Morgan fingerprint density at radius 3 is 1.52 bits per heavy atom. The maximum absolute atomic E-state index is 5.85. The van der Waals surface area contributed by atoms with Gasteiger partial charge in [-0.3, -0.25) is 0 Å². The lowest BCUT2D eigenvalue weighted by Gasteiger charge is -2.32. The highest BCUT2D eigenvalue weighted by atomic mass is 17.0. The smallest absolute Gasteiger partial charge is 0.328 e. The van der Waals surface area contributed by atoms with Crippen molar-refractivity contribution >= 4 is 0 Å². The topological polar surface area (TPSA) is 113 Å². The van der Waals surface area contributed by atoms with Crippen molar-refractivity contribution < 1.29 is 18.9 Å². The van der Waals surface area contributed by atoms with Gasteiger partial charge in [0.05, 0.1) is 26.4 Å². The van der Waals surface area contributed by atoms with Crippen LogP contribution in [0.25, 0.3) is 0 Å². The van der Waals surface area contributed by atoms with E-state index >= 15 is 0 Å². The largest absolute Gasteiger partial charge is 0.412 e. The van der Waals surface area contributed by atoms with E-state index in [1.54, 1.807) is 0 Å². The molecule has 0 radical (unpaired) electrons. The van der Waals surface area contributed by atoms with Gasteiger partial charge in [0.25, 0.3) is 0 Å². The van der Waals surface area contributed by atoms with Crippen molar-refractivity contribution in [2.75, 3.05) is 65.7 Å². The molecule has 0 aliphatic heterocycles. The molecule has 8 nitrogen and oxygen atoms in total. The average Bonchev–Trinajstić information content (AvgIpc) is 2.74. The van der Waals surface area contributed by atoms with Gasteiger partial charge in [0.1, 0.15) is 0 Å². The van der Waals surface area contributed by atoms with Crippen molar-refractivity contribution in [1.29, 1.82) is 0 Å². The van der Waals surface area contributed by atoms with Crippen molar-refractivity contribution in [2.45, 2.75) is 71.4 Å². The van der Waals surface area contributed by atoms with Gasteiger partial charge in [0.15, 0.2) is 0 Å². The lowest BCUT2D eigenvalue weighted by atomic mass is 10.1. The van der Waals surface area contributed by atoms with Gasteiger partial charge >= 0.3 is 6.16 Å². The van der Waals surface area contributed by atoms with Crippen LogP contribution in [0.3, 0.4) is 0 Å². The maximum atomic E-state index is 5.85. The van der Waals surface area contributed by atoms with E-state index in [-0.39, 0.29) is 13.2 Å². The van der Waals surface area contributed by atoms with Gasteiger partial charge in [-0.1, -0.05) is 52.4 Å². The second-order valence-electron chi connectivity index (χ2n) is 7.09. The van der Waals surface area contributed by atoms with Crippen LogP contribution in [0.1, 0.15) is 65.2 Å². The molecular weight excluding hydrogens is 372 g/mol. The quantitative estimate of drug-likeness (QED) is 0.138. The van der Waals surface area contributed by atoms with Crippen LogP contribution >= 0.6 is 0 Å². The van der Waals surface area contributed by atoms with Gasteiger partial charge in [0, 0.05) is 26.2 Å². The molecule has 0 saturated carbocycles. The van der Waals surface area contributed by atoms with Gasteiger partial charge in [-0.05, 0) is 25.9 Å². The summed E-state index contributed by atoms with van der Waals surface area (Å²) in [6.45, 7) is 9.82. The molecular formula is C21H48N4O4. The van der Waals surface area contributed by atoms with E-state index < -0.39 is 6.16 Å². The molecule has 29 heavy (non-hydrogen) atoms. The molecule has 0 bridgehead atoms. The van der Waals surface area contributed by atoms with Gasteiger partial charge in [-0.2, -0.15) is 0 Å². The van der Waals surface area contributed by atoms with E-state index in [1.165, 1.54) is 38.5 Å². The number of ether oxygens (including phenoxy) is 4. The Hall–Kier alpha value is -0.320. The molecule has 0 unspecified atom stereocenters. The lowest BCUT2D eigenvalue weighted by Crippen LogP contribution is -2.46. The van der Waals surface area contributed by atoms with Crippen LogP contribution in [0, 0.1) is 0 Å². The van der Waals surface area contributed by atoms with Crippen LogP contribution in [0.5, 0.6) is 0 Å². The minimum atomic E-state index is -1.55. The zero-order chi connectivity index (χ0) is 21.5. The number of hydrogen-bond acceptors (Lipinski definition) is 8. The monoisotopic (exact) mass is 420 g/mol. The molecule has 0 fully saturated rings. The molecule has 8 heteroatoms. The molecule has 0 amide bonds. The molecule has 0 aliphatic rings.